The molecule has 0 atom stereocenters. The summed E-state index contributed by atoms with van der Waals surface area (Å²) in [6.07, 6.45) is 0. The summed E-state index contributed by atoms with van der Waals surface area (Å²) in [6, 6.07) is 15.6. The molecule has 9 heteroatoms. The molecule has 0 aliphatic rings. The first-order valence-electron chi connectivity index (χ1n) is 7.49. The van der Waals surface area contributed by atoms with Crippen LogP contribution >= 0.6 is 23.4 Å². The maximum atomic E-state index is 11.8. The largest absolute Gasteiger partial charge is 0.411 e. The van der Waals surface area contributed by atoms with Crippen molar-refractivity contribution in [3.63, 3.8) is 0 Å². The van der Waals surface area contributed by atoms with Gasteiger partial charge < -0.3 is 4.42 Å². The van der Waals surface area contributed by atoms with E-state index >= 15 is 0 Å². The van der Waals surface area contributed by atoms with Gasteiger partial charge in [-0.1, -0.05) is 53.7 Å². The highest BCUT2D eigenvalue weighted by Gasteiger charge is 2.13. The molecular weight excluding hydrogens is 376 g/mol. The number of nitrogens with zero attached hydrogens (tertiary/aromatic N) is 2. The third kappa shape index (κ3) is 4.62. The fourth-order valence-electron chi connectivity index (χ4n) is 1.96. The predicted octanol–water partition coefficient (Wildman–Crippen LogP) is 2.94. The van der Waals surface area contributed by atoms with Gasteiger partial charge in [-0.3, -0.25) is 20.4 Å². The van der Waals surface area contributed by atoms with Gasteiger partial charge in [0.15, 0.2) is 0 Å². The highest BCUT2D eigenvalue weighted by atomic mass is 35.5. The van der Waals surface area contributed by atoms with Gasteiger partial charge in [-0.2, -0.15) is 0 Å². The molecular formula is C17H13ClN4O3S. The van der Waals surface area contributed by atoms with Gasteiger partial charge in [0.05, 0.1) is 16.3 Å². The zero-order valence-electron chi connectivity index (χ0n) is 13.3. The van der Waals surface area contributed by atoms with Crippen LogP contribution in [0.4, 0.5) is 0 Å². The van der Waals surface area contributed by atoms with Crippen LogP contribution < -0.4 is 10.9 Å². The SMILES string of the molecule is O=C(CSc1nnc(-c2ccccc2Cl)o1)NNC(=O)c1ccccc1. The van der Waals surface area contributed by atoms with Gasteiger partial charge in [0.2, 0.25) is 11.8 Å². The van der Waals surface area contributed by atoms with Crippen LogP contribution in [-0.2, 0) is 4.79 Å². The second-order valence-electron chi connectivity index (χ2n) is 5.01. The lowest BCUT2D eigenvalue weighted by Gasteiger charge is -2.06. The molecule has 0 spiro atoms. The molecule has 0 saturated heterocycles. The summed E-state index contributed by atoms with van der Waals surface area (Å²) in [7, 11) is 0. The molecule has 0 fully saturated rings. The fraction of sp³-hybridized carbons (Fsp3) is 0.0588. The minimum absolute atomic E-state index is 0.000769. The average molecular weight is 389 g/mol. The number of halogens is 1. The van der Waals surface area contributed by atoms with E-state index in [4.69, 9.17) is 16.0 Å². The molecule has 0 unspecified atom stereocenters. The number of hydrogen-bond donors (Lipinski definition) is 2. The second-order valence-corrected chi connectivity index (χ2v) is 6.34. The number of benzene rings is 2. The molecule has 3 rings (SSSR count). The van der Waals surface area contributed by atoms with E-state index in [0.717, 1.165) is 11.8 Å². The number of hydrogen-bond acceptors (Lipinski definition) is 6. The van der Waals surface area contributed by atoms with Crippen molar-refractivity contribution in [3.8, 4) is 11.5 Å². The molecule has 2 amide bonds. The normalized spacial score (nSPS) is 10.3. The van der Waals surface area contributed by atoms with Crippen molar-refractivity contribution < 1.29 is 14.0 Å². The van der Waals surface area contributed by atoms with E-state index < -0.39 is 11.8 Å². The summed E-state index contributed by atoms with van der Waals surface area (Å²) in [5, 5.41) is 8.51. The number of amides is 2. The van der Waals surface area contributed by atoms with E-state index in [1.807, 2.05) is 0 Å². The maximum absolute atomic E-state index is 11.8. The Morgan fingerprint density at radius 2 is 1.73 bits per heavy atom. The molecule has 132 valence electrons. The van der Waals surface area contributed by atoms with Gasteiger partial charge in [-0.25, -0.2) is 0 Å². The van der Waals surface area contributed by atoms with E-state index in [1.165, 1.54) is 0 Å². The number of thioether (sulfide) groups is 1. The zero-order chi connectivity index (χ0) is 18.4. The average Bonchev–Trinajstić information content (AvgIpc) is 3.14. The van der Waals surface area contributed by atoms with E-state index in [-0.39, 0.29) is 16.9 Å². The van der Waals surface area contributed by atoms with E-state index in [1.54, 1.807) is 54.6 Å². The Labute approximate surface area is 158 Å². The smallest absolute Gasteiger partial charge is 0.277 e. The van der Waals surface area contributed by atoms with E-state index in [0.29, 0.717) is 16.1 Å². The maximum Gasteiger partial charge on any atom is 0.277 e. The van der Waals surface area contributed by atoms with Gasteiger partial charge in [-0.05, 0) is 24.3 Å². The van der Waals surface area contributed by atoms with Gasteiger partial charge in [0, 0.05) is 5.56 Å². The van der Waals surface area contributed by atoms with Crippen LogP contribution in [0.5, 0.6) is 0 Å². The van der Waals surface area contributed by atoms with Crippen LogP contribution in [0.25, 0.3) is 11.5 Å². The quantitative estimate of drug-likeness (QED) is 0.515. The Balaban J connectivity index is 1.49. The standard InChI is InChI=1S/C17H13ClN4O3S/c18-13-9-5-4-8-12(13)16-21-22-17(25-16)26-10-14(23)19-20-15(24)11-6-2-1-3-7-11/h1-9H,10H2,(H,19,23)(H,20,24). The van der Waals surface area contributed by atoms with E-state index in [9.17, 15) is 9.59 Å². The third-order valence-electron chi connectivity index (χ3n) is 3.19. The van der Waals surface area contributed by atoms with Gasteiger partial charge in [0.1, 0.15) is 0 Å². The predicted molar refractivity (Wildman–Crippen MR) is 97.5 cm³/mol. The molecule has 26 heavy (non-hydrogen) atoms. The number of carbonyl (C=O) groups excluding carboxylic acids is 2. The van der Waals surface area contributed by atoms with Crippen molar-refractivity contribution in [1.29, 1.82) is 0 Å². The number of aromatic nitrogens is 2. The van der Waals surface area contributed by atoms with Crippen molar-refractivity contribution in [1.82, 2.24) is 21.0 Å². The van der Waals surface area contributed by atoms with Gasteiger partial charge >= 0.3 is 0 Å². The fourth-order valence-corrected chi connectivity index (χ4v) is 2.74. The first kappa shape index (κ1) is 18.0. The van der Waals surface area contributed by atoms with Crippen molar-refractivity contribution in [2.24, 2.45) is 0 Å². The van der Waals surface area contributed by atoms with E-state index in [2.05, 4.69) is 21.0 Å². The zero-order valence-corrected chi connectivity index (χ0v) is 14.9. The molecule has 1 heterocycles. The van der Waals surface area contributed by atoms with Crippen molar-refractivity contribution in [2.75, 3.05) is 5.75 Å². The summed E-state index contributed by atoms with van der Waals surface area (Å²) >= 11 is 7.13. The lowest BCUT2D eigenvalue weighted by atomic mass is 10.2. The van der Waals surface area contributed by atoms with Gasteiger partial charge in [-0.15, -0.1) is 10.2 Å². The van der Waals surface area contributed by atoms with Crippen LogP contribution in [0.3, 0.4) is 0 Å². The van der Waals surface area contributed by atoms with Crippen molar-refractivity contribution in [3.05, 3.63) is 65.2 Å². The monoisotopic (exact) mass is 388 g/mol. The van der Waals surface area contributed by atoms with Gasteiger partial charge in [0.25, 0.3) is 11.1 Å². The summed E-state index contributed by atoms with van der Waals surface area (Å²) in [5.41, 5.74) is 5.73. The molecule has 0 radical (unpaired) electrons. The number of nitrogens with one attached hydrogen (secondary N) is 2. The minimum Gasteiger partial charge on any atom is -0.411 e. The Morgan fingerprint density at radius 1 is 1.00 bits per heavy atom. The van der Waals surface area contributed by atoms with Crippen LogP contribution in [0, 0.1) is 0 Å². The Morgan fingerprint density at radius 3 is 2.50 bits per heavy atom. The minimum atomic E-state index is -0.406. The van der Waals surface area contributed by atoms with Crippen LogP contribution in [0.1, 0.15) is 10.4 Å². The molecule has 3 aromatic rings. The lowest BCUT2D eigenvalue weighted by molar-refractivity contribution is -0.119. The first-order chi connectivity index (χ1) is 12.6. The van der Waals surface area contributed by atoms with Crippen molar-refractivity contribution in [2.45, 2.75) is 5.22 Å². The molecule has 0 bridgehead atoms. The summed E-state index contributed by atoms with van der Waals surface area (Å²) in [5.74, 6) is -0.533. The molecule has 2 N–H and O–H groups in total. The summed E-state index contributed by atoms with van der Waals surface area (Å²) in [6.45, 7) is 0. The lowest BCUT2D eigenvalue weighted by Crippen LogP contribution is -2.42. The van der Waals surface area contributed by atoms with Crippen LogP contribution in [-0.4, -0.2) is 27.8 Å². The molecule has 0 aliphatic heterocycles. The Kier molecular flexibility index (Phi) is 5.88. The molecule has 2 aromatic carbocycles. The third-order valence-corrected chi connectivity index (χ3v) is 4.34. The number of hydrazine groups is 1. The second kappa shape index (κ2) is 8.50. The molecule has 0 aliphatic carbocycles. The number of rotatable bonds is 5. The first-order valence-corrected chi connectivity index (χ1v) is 8.85. The molecule has 0 saturated carbocycles. The van der Waals surface area contributed by atoms with Crippen LogP contribution in [0.2, 0.25) is 5.02 Å². The van der Waals surface area contributed by atoms with Crippen LogP contribution in [0.15, 0.2) is 64.2 Å². The highest BCUT2D eigenvalue weighted by Crippen LogP contribution is 2.28. The van der Waals surface area contributed by atoms with Crippen molar-refractivity contribution >= 4 is 35.2 Å². The molecule has 1 aromatic heterocycles. The Bertz CT molecular complexity index is 917. The molecule has 7 nitrogen and oxygen atoms in total. The topological polar surface area (TPSA) is 97.1 Å². The summed E-state index contributed by atoms with van der Waals surface area (Å²) < 4.78 is 5.48. The Hall–Kier alpha value is -2.84. The number of carbonyl (C=O) groups is 2. The highest BCUT2D eigenvalue weighted by molar-refractivity contribution is 7.99. The summed E-state index contributed by atoms with van der Waals surface area (Å²) in [4.78, 5) is 23.7.